The lowest BCUT2D eigenvalue weighted by Gasteiger charge is -2.48. The molecule has 2 aromatic rings. The Morgan fingerprint density at radius 3 is 1.25 bits per heavy atom. The van der Waals surface area contributed by atoms with Crippen molar-refractivity contribution in [1.82, 2.24) is 0 Å². The second-order valence-electron chi connectivity index (χ2n) is 8.00. The molecular formula is C26H26O6. The lowest BCUT2D eigenvalue weighted by atomic mass is 9.53. The Morgan fingerprint density at radius 2 is 0.969 bits per heavy atom. The van der Waals surface area contributed by atoms with Gasteiger partial charge in [0.05, 0.1) is 28.4 Å². The fourth-order valence-corrected chi connectivity index (χ4v) is 4.84. The van der Waals surface area contributed by atoms with Crippen molar-refractivity contribution in [3.63, 3.8) is 0 Å². The molecule has 166 valence electrons. The van der Waals surface area contributed by atoms with Gasteiger partial charge in [0.2, 0.25) is 0 Å². The number of esters is 2. The summed E-state index contributed by atoms with van der Waals surface area (Å²) in [6.07, 6.45) is 4.65. The molecule has 2 atom stereocenters. The Bertz CT molecular complexity index is 1010. The van der Waals surface area contributed by atoms with E-state index in [1.54, 1.807) is 14.2 Å². The minimum absolute atomic E-state index is 0.358. The topological polar surface area (TPSA) is 71.1 Å². The van der Waals surface area contributed by atoms with Crippen LogP contribution in [0.1, 0.15) is 24.0 Å². The maximum Gasteiger partial charge on any atom is 0.320 e. The van der Waals surface area contributed by atoms with Crippen molar-refractivity contribution in [3.05, 3.63) is 71.8 Å². The van der Waals surface area contributed by atoms with Crippen LogP contribution in [-0.4, -0.2) is 40.4 Å². The van der Waals surface area contributed by atoms with Crippen molar-refractivity contribution in [2.75, 3.05) is 28.4 Å². The van der Waals surface area contributed by atoms with Crippen molar-refractivity contribution in [2.45, 2.75) is 12.8 Å². The van der Waals surface area contributed by atoms with E-state index in [0.29, 0.717) is 24.3 Å². The van der Waals surface area contributed by atoms with Gasteiger partial charge in [0.1, 0.15) is 22.3 Å². The maximum absolute atomic E-state index is 13.2. The van der Waals surface area contributed by atoms with Gasteiger partial charge in [-0.3, -0.25) is 9.59 Å². The molecule has 6 heteroatoms. The van der Waals surface area contributed by atoms with Crippen LogP contribution in [0.4, 0.5) is 0 Å². The van der Waals surface area contributed by atoms with Crippen LogP contribution in [0.25, 0.3) is 11.1 Å². The van der Waals surface area contributed by atoms with Crippen molar-refractivity contribution >= 4 is 23.1 Å². The molecule has 0 radical (unpaired) electrons. The molecule has 3 aliphatic carbocycles. The molecule has 0 heterocycles. The number of carbonyl (C=O) groups is 2. The van der Waals surface area contributed by atoms with Crippen molar-refractivity contribution in [1.29, 1.82) is 0 Å². The molecule has 2 aromatic carbocycles. The van der Waals surface area contributed by atoms with E-state index in [4.69, 9.17) is 18.9 Å². The summed E-state index contributed by atoms with van der Waals surface area (Å²) in [4.78, 5) is 26.4. The molecular weight excluding hydrogens is 408 g/mol. The molecule has 0 aromatic heterocycles. The average Bonchev–Trinajstić information content (AvgIpc) is 2.87. The van der Waals surface area contributed by atoms with Crippen molar-refractivity contribution < 1.29 is 28.5 Å². The van der Waals surface area contributed by atoms with Gasteiger partial charge in [-0.05, 0) is 59.4 Å². The Kier molecular flexibility index (Phi) is 5.55. The predicted molar refractivity (Wildman–Crippen MR) is 120 cm³/mol. The highest BCUT2D eigenvalue weighted by atomic mass is 16.5. The number of ether oxygens (including phenoxy) is 4. The highest BCUT2D eigenvalue weighted by Gasteiger charge is 2.58. The number of carbonyl (C=O) groups excluding carboxylic acids is 2. The zero-order valence-electron chi connectivity index (χ0n) is 18.6. The maximum atomic E-state index is 13.2. The first kappa shape index (κ1) is 21.7. The summed E-state index contributed by atoms with van der Waals surface area (Å²) in [5.74, 6) is 0.701. The molecule has 5 rings (SSSR count). The van der Waals surface area contributed by atoms with Gasteiger partial charge in [-0.25, -0.2) is 0 Å². The van der Waals surface area contributed by atoms with Gasteiger partial charge in [0, 0.05) is 0 Å². The summed E-state index contributed by atoms with van der Waals surface area (Å²) in [7, 11) is 5.98. The van der Waals surface area contributed by atoms with E-state index in [-0.39, 0.29) is 11.9 Å². The first-order valence-electron chi connectivity index (χ1n) is 10.4. The summed E-state index contributed by atoms with van der Waals surface area (Å²) in [6, 6.07) is 14.9. The molecule has 3 aliphatic rings. The first-order chi connectivity index (χ1) is 15.4. The number of fused-ring (bicyclic) bond motifs is 1. The molecule has 0 fully saturated rings. The summed E-state index contributed by atoms with van der Waals surface area (Å²) >= 11 is 0. The summed E-state index contributed by atoms with van der Waals surface area (Å²) in [5.41, 5.74) is 1.12. The van der Waals surface area contributed by atoms with Gasteiger partial charge in [-0.1, -0.05) is 36.4 Å². The fraction of sp³-hybridized carbons (Fsp3) is 0.308. The van der Waals surface area contributed by atoms with Gasteiger partial charge in [0.15, 0.2) is 0 Å². The third-order valence-electron chi connectivity index (χ3n) is 6.56. The van der Waals surface area contributed by atoms with E-state index in [1.807, 2.05) is 60.7 Å². The lowest BCUT2D eigenvalue weighted by molar-refractivity contribution is -0.152. The molecule has 6 nitrogen and oxygen atoms in total. The van der Waals surface area contributed by atoms with Crippen LogP contribution in [0.5, 0.6) is 11.5 Å². The standard InChI is InChI=1S/C26H26O6/c1-29-19-9-5-17(6-10-19)21-15-26(24(28)32-4)14-13-25(21,23(27)31-3)16-22(26)18-7-11-20(30-2)12-8-18/h5-12,15-16H,13-14H2,1-4H3/t25-,26-/m0/s1. The second kappa shape index (κ2) is 8.19. The minimum atomic E-state index is -1.01. The Labute approximate surface area is 187 Å². The van der Waals surface area contributed by atoms with Gasteiger partial charge in [0.25, 0.3) is 0 Å². The van der Waals surface area contributed by atoms with Crippen LogP contribution in [0.2, 0.25) is 0 Å². The zero-order chi connectivity index (χ0) is 22.9. The largest absolute Gasteiger partial charge is 0.497 e. The van der Waals surface area contributed by atoms with E-state index in [1.165, 1.54) is 14.2 Å². The molecule has 0 aliphatic heterocycles. The van der Waals surface area contributed by atoms with Crippen LogP contribution >= 0.6 is 0 Å². The molecule has 0 N–H and O–H groups in total. The molecule has 2 bridgehead atoms. The van der Waals surface area contributed by atoms with Gasteiger partial charge < -0.3 is 18.9 Å². The molecule has 32 heavy (non-hydrogen) atoms. The number of methoxy groups -OCH3 is 4. The lowest BCUT2D eigenvalue weighted by Crippen LogP contribution is -2.47. The summed E-state index contributed by atoms with van der Waals surface area (Å²) in [6.45, 7) is 0. The molecule has 0 saturated carbocycles. The van der Waals surface area contributed by atoms with Crippen LogP contribution in [0, 0.1) is 10.8 Å². The SMILES string of the molecule is COC(=O)[C@@]12C=C(c3ccc(OC)cc3)[C@@](C(=O)OC)(C=C1c1ccc(OC)cc1)CC2. The van der Waals surface area contributed by atoms with Gasteiger partial charge in [-0.15, -0.1) is 0 Å². The van der Waals surface area contributed by atoms with Crippen LogP contribution < -0.4 is 9.47 Å². The first-order valence-corrected chi connectivity index (χ1v) is 10.4. The summed E-state index contributed by atoms with van der Waals surface area (Å²) < 4.78 is 21.1. The molecule has 0 amide bonds. The molecule has 0 unspecified atom stereocenters. The van der Waals surface area contributed by atoms with Gasteiger partial charge in [-0.2, -0.15) is 0 Å². The molecule has 0 saturated heterocycles. The normalized spacial score (nSPS) is 23.6. The van der Waals surface area contributed by atoms with Crippen LogP contribution in [0.15, 0.2) is 60.7 Å². The monoisotopic (exact) mass is 434 g/mol. The Hall–Kier alpha value is -3.54. The summed E-state index contributed by atoms with van der Waals surface area (Å²) in [5, 5.41) is 0. The fourth-order valence-electron chi connectivity index (χ4n) is 4.84. The Balaban J connectivity index is 1.94. The van der Waals surface area contributed by atoms with E-state index < -0.39 is 10.8 Å². The highest BCUT2D eigenvalue weighted by Crippen LogP contribution is 2.61. The minimum Gasteiger partial charge on any atom is -0.497 e. The second-order valence-corrected chi connectivity index (χ2v) is 8.00. The third kappa shape index (κ3) is 3.18. The highest BCUT2D eigenvalue weighted by molar-refractivity contribution is 6.08. The van der Waals surface area contributed by atoms with Crippen LogP contribution in [0.3, 0.4) is 0 Å². The Morgan fingerprint density at radius 1 is 0.625 bits per heavy atom. The number of hydrogen-bond donors (Lipinski definition) is 0. The average molecular weight is 434 g/mol. The number of rotatable bonds is 6. The van der Waals surface area contributed by atoms with Crippen LogP contribution in [-0.2, 0) is 19.1 Å². The predicted octanol–water partition coefficient (Wildman–Crippen LogP) is 4.30. The smallest absolute Gasteiger partial charge is 0.320 e. The van der Waals surface area contributed by atoms with E-state index in [2.05, 4.69) is 0 Å². The quantitative estimate of drug-likeness (QED) is 0.632. The van der Waals surface area contributed by atoms with Gasteiger partial charge >= 0.3 is 11.9 Å². The number of benzene rings is 2. The zero-order valence-corrected chi connectivity index (χ0v) is 18.6. The number of hydrogen-bond acceptors (Lipinski definition) is 6. The van der Waals surface area contributed by atoms with E-state index >= 15 is 0 Å². The molecule has 0 spiro atoms. The van der Waals surface area contributed by atoms with E-state index in [9.17, 15) is 9.59 Å². The van der Waals surface area contributed by atoms with Crippen molar-refractivity contribution in [3.8, 4) is 11.5 Å². The third-order valence-corrected chi connectivity index (χ3v) is 6.56. The van der Waals surface area contributed by atoms with E-state index in [0.717, 1.165) is 22.3 Å². The van der Waals surface area contributed by atoms with Crippen molar-refractivity contribution in [2.24, 2.45) is 10.8 Å².